The first-order valence-corrected chi connectivity index (χ1v) is 7.81. The van der Waals surface area contributed by atoms with Gasteiger partial charge in [-0.2, -0.15) is 4.98 Å². The van der Waals surface area contributed by atoms with Crippen LogP contribution >= 0.6 is 0 Å². The van der Waals surface area contributed by atoms with E-state index in [1.807, 2.05) is 0 Å². The fourth-order valence-electron chi connectivity index (χ4n) is 3.04. The van der Waals surface area contributed by atoms with Crippen LogP contribution in [-0.4, -0.2) is 16.2 Å². The SMILES string of the molecule is CCCC(N)Cc1nc(C2CCC(CC)CC2)no1. The summed E-state index contributed by atoms with van der Waals surface area (Å²) in [6, 6.07) is 0.147. The van der Waals surface area contributed by atoms with Crippen LogP contribution in [0.3, 0.4) is 0 Å². The van der Waals surface area contributed by atoms with Gasteiger partial charge in [-0.3, -0.25) is 0 Å². The Morgan fingerprint density at radius 2 is 2.00 bits per heavy atom. The highest BCUT2D eigenvalue weighted by Crippen LogP contribution is 2.35. The van der Waals surface area contributed by atoms with Crippen molar-refractivity contribution < 1.29 is 4.52 Å². The zero-order chi connectivity index (χ0) is 13.7. The smallest absolute Gasteiger partial charge is 0.228 e. The van der Waals surface area contributed by atoms with Crippen LogP contribution in [0.25, 0.3) is 0 Å². The minimum absolute atomic E-state index is 0.147. The molecule has 0 aromatic carbocycles. The highest BCUT2D eigenvalue weighted by Gasteiger charge is 2.25. The monoisotopic (exact) mass is 265 g/mol. The molecule has 1 heterocycles. The molecule has 0 amide bonds. The maximum Gasteiger partial charge on any atom is 0.228 e. The fraction of sp³-hybridized carbons (Fsp3) is 0.867. The van der Waals surface area contributed by atoms with Gasteiger partial charge in [-0.25, -0.2) is 0 Å². The summed E-state index contributed by atoms with van der Waals surface area (Å²) in [5.74, 6) is 3.03. The summed E-state index contributed by atoms with van der Waals surface area (Å²) < 4.78 is 5.35. The van der Waals surface area contributed by atoms with Crippen molar-refractivity contribution in [3.8, 4) is 0 Å². The van der Waals surface area contributed by atoms with E-state index in [-0.39, 0.29) is 6.04 Å². The standard InChI is InChI=1S/C15H27N3O/c1-3-5-13(16)10-14-17-15(18-19-14)12-8-6-11(4-2)7-9-12/h11-13H,3-10,16H2,1-2H3. The molecule has 1 aliphatic carbocycles. The Kier molecular flexibility index (Phi) is 5.37. The van der Waals surface area contributed by atoms with E-state index in [0.717, 1.165) is 24.6 Å². The van der Waals surface area contributed by atoms with Crippen LogP contribution in [0.15, 0.2) is 4.52 Å². The maximum atomic E-state index is 6.01. The van der Waals surface area contributed by atoms with E-state index in [9.17, 15) is 0 Å². The number of nitrogens with zero attached hydrogens (tertiary/aromatic N) is 2. The second kappa shape index (κ2) is 7.04. The lowest BCUT2D eigenvalue weighted by Gasteiger charge is -2.25. The van der Waals surface area contributed by atoms with Gasteiger partial charge in [-0.15, -0.1) is 0 Å². The molecule has 1 aromatic rings. The van der Waals surface area contributed by atoms with Crippen LogP contribution in [0.2, 0.25) is 0 Å². The Balaban J connectivity index is 1.87. The molecule has 0 saturated heterocycles. The second-order valence-corrected chi connectivity index (χ2v) is 5.93. The van der Waals surface area contributed by atoms with E-state index < -0.39 is 0 Å². The highest BCUT2D eigenvalue weighted by molar-refractivity contribution is 4.98. The summed E-state index contributed by atoms with van der Waals surface area (Å²) in [5, 5.41) is 4.16. The zero-order valence-electron chi connectivity index (χ0n) is 12.3. The quantitative estimate of drug-likeness (QED) is 0.856. The van der Waals surface area contributed by atoms with Crippen LogP contribution in [0.1, 0.15) is 76.4 Å². The predicted octanol–water partition coefficient (Wildman–Crippen LogP) is 3.42. The first kappa shape index (κ1) is 14.5. The summed E-state index contributed by atoms with van der Waals surface area (Å²) in [6.07, 6.45) is 9.15. The molecular formula is C15H27N3O. The lowest BCUT2D eigenvalue weighted by atomic mass is 9.80. The van der Waals surface area contributed by atoms with Crippen molar-refractivity contribution in [1.82, 2.24) is 10.1 Å². The van der Waals surface area contributed by atoms with Crippen molar-refractivity contribution in [3.63, 3.8) is 0 Å². The molecule has 1 unspecified atom stereocenters. The number of rotatable bonds is 6. The Bertz CT molecular complexity index is 369. The van der Waals surface area contributed by atoms with E-state index in [0.29, 0.717) is 18.2 Å². The lowest BCUT2D eigenvalue weighted by Crippen LogP contribution is -2.22. The molecule has 108 valence electrons. The summed E-state index contributed by atoms with van der Waals surface area (Å²) in [5.41, 5.74) is 6.01. The minimum Gasteiger partial charge on any atom is -0.339 e. The van der Waals surface area contributed by atoms with Crippen molar-refractivity contribution in [2.24, 2.45) is 11.7 Å². The van der Waals surface area contributed by atoms with Crippen LogP contribution < -0.4 is 5.73 Å². The Morgan fingerprint density at radius 3 is 2.63 bits per heavy atom. The van der Waals surface area contributed by atoms with Gasteiger partial charge in [-0.05, 0) is 38.0 Å². The van der Waals surface area contributed by atoms with E-state index in [1.54, 1.807) is 0 Å². The van der Waals surface area contributed by atoms with Gasteiger partial charge >= 0.3 is 0 Å². The molecule has 1 saturated carbocycles. The van der Waals surface area contributed by atoms with Crippen LogP contribution in [-0.2, 0) is 6.42 Å². The molecule has 4 nitrogen and oxygen atoms in total. The molecule has 19 heavy (non-hydrogen) atoms. The molecule has 1 aromatic heterocycles. The van der Waals surface area contributed by atoms with Gasteiger partial charge in [0.05, 0.1) is 0 Å². The third-order valence-electron chi connectivity index (χ3n) is 4.37. The summed E-state index contributed by atoms with van der Waals surface area (Å²) >= 11 is 0. The van der Waals surface area contributed by atoms with Gasteiger partial charge in [0.2, 0.25) is 5.89 Å². The number of hydrogen-bond acceptors (Lipinski definition) is 4. The third kappa shape index (κ3) is 4.03. The topological polar surface area (TPSA) is 64.9 Å². The Labute approximate surface area is 116 Å². The molecule has 1 atom stereocenters. The molecule has 0 aliphatic heterocycles. The molecule has 2 N–H and O–H groups in total. The lowest BCUT2D eigenvalue weighted by molar-refractivity contribution is 0.302. The van der Waals surface area contributed by atoms with Crippen molar-refractivity contribution in [2.75, 3.05) is 0 Å². The van der Waals surface area contributed by atoms with Gasteiger partial charge in [0, 0.05) is 18.4 Å². The predicted molar refractivity (Wildman–Crippen MR) is 75.9 cm³/mol. The van der Waals surface area contributed by atoms with Crippen LogP contribution in [0, 0.1) is 5.92 Å². The van der Waals surface area contributed by atoms with Crippen LogP contribution in [0.5, 0.6) is 0 Å². The summed E-state index contributed by atoms with van der Waals surface area (Å²) in [6.45, 7) is 4.43. The summed E-state index contributed by atoms with van der Waals surface area (Å²) in [7, 11) is 0. The number of aromatic nitrogens is 2. The summed E-state index contributed by atoms with van der Waals surface area (Å²) in [4.78, 5) is 4.55. The molecule has 1 aliphatic rings. The van der Waals surface area contributed by atoms with Gasteiger partial charge in [0.15, 0.2) is 5.82 Å². The second-order valence-electron chi connectivity index (χ2n) is 5.93. The molecular weight excluding hydrogens is 238 g/mol. The van der Waals surface area contributed by atoms with Gasteiger partial charge in [-0.1, -0.05) is 31.8 Å². The molecule has 0 radical (unpaired) electrons. The average Bonchev–Trinajstić information content (AvgIpc) is 2.87. The zero-order valence-corrected chi connectivity index (χ0v) is 12.3. The van der Waals surface area contributed by atoms with Gasteiger partial charge < -0.3 is 10.3 Å². The molecule has 0 bridgehead atoms. The first-order chi connectivity index (χ1) is 9.22. The first-order valence-electron chi connectivity index (χ1n) is 7.81. The average molecular weight is 265 g/mol. The van der Waals surface area contributed by atoms with Crippen molar-refractivity contribution in [3.05, 3.63) is 11.7 Å². The largest absolute Gasteiger partial charge is 0.339 e. The molecule has 2 rings (SSSR count). The fourth-order valence-corrected chi connectivity index (χ4v) is 3.04. The van der Waals surface area contributed by atoms with E-state index in [1.165, 1.54) is 32.1 Å². The third-order valence-corrected chi connectivity index (χ3v) is 4.37. The van der Waals surface area contributed by atoms with Crippen LogP contribution in [0.4, 0.5) is 0 Å². The Hall–Kier alpha value is -0.900. The van der Waals surface area contributed by atoms with E-state index in [4.69, 9.17) is 10.3 Å². The minimum atomic E-state index is 0.147. The van der Waals surface area contributed by atoms with Gasteiger partial charge in [0.1, 0.15) is 0 Å². The highest BCUT2D eigenvalue weighted by atomic mass is 16.5. The van der Waals surface area contributed by atoms with Gasteiger partial charge in [0.25, 0.3) is 0 Å². The van der Waals surface area contributed by atoms with Crippen molar-refractivity contribution in [1.29, 1.82) is 0 Å². The van der Waals surface area contributed by atoms with Crippen molar-refractivity contribution in [2.45, 2.75) is 77.2 Å². The van der Waals surface area contributed by atoms with Crippen molar-refractivity contribution >= 4 is 0 Å². The molecule has 0 spiro atoms. The normalized spacial score (nSPS) is 25.4. The Morgan fingerprint density at radius 1 is 1.26 bits per heavy atom. The maximum absolute atomic E-state index is 6.01. The number of nitrogens with two attached hydrogens (primary N) is 1. The molecule has 1 fully saturated rings. The number of hydrogen-bond donors (Lipinski definition) is 1. The molecule has 4 heteroatoms. The van der Waals surface area contributed by atoms with E-state index in [2.05, 4.69) is 24.0 Å². The van der Waals surface area contributed by atoms with E-state index >= 15 is 0 Å².